The largest absolute Gasteiger partial charge is 0.0991 e. The van der Waals surface area contributed by atoms with Crippen LogP contribution >= 0.6 is 0 Å². The summed E-state index contributed by atoms with van der Waals surface area (Å²) in [4.78, 5) is 0. The molecule has 232 valence electrons. The molecule has 0 aromatic heterocycles. The summed E-state index contributed by atoms with van der Waals surface area (Å²) in [5.41, 5.74) is 14.4. The summed E-state index contributed by atoms with van der Waals surface area (Å²) in [7, 11) is 0. The van der Waals surface area contributed by atoms with Crippen molar-refractivity contribution in [1.29, 1.82) is 0 Å². The van der Waals surface area contributed by atoms with Gasteiger partial charge in [0.1, 0.15) is 0 Å². The topological polar surface area (TPSA) is 0 Å². The zero-order valence-corrected chi connectivity index (χ0v) is 28.0. The molecular formula is C47H44. The van der Waals surface area contributed by atoms with E-state index in [2.05, 4.69) is 184 Å². The molecule has 0 radical (unpaired) electrons. The van der Waals surface area contributed by atoms with E-state index in [1.54, 1.807) is 0 Å². The molecule has 1 unspecified atom stereocenters. The second-order valence-corrected chi connectivity index (χ2v) is 11.5. The molecule has 5 aromatic carbocycles. The zero-order chi connectivity index (χ0) is 33.0. The smallest absolute Gasteiger partial charge is 0.00754 e. The van der Waals surface area contributed by atoms with Crippen LogP contribution in [0.5, 0.6) is 0 Å². The first-order valence-electron chi connectivity index (χ1n) is 16.7. The van der Waals surface area contributed by atoms with Crippen molar-refractivity contribution in [2.75, 3.05) is 0 Å². The highest BCUT2D eigenvalue weighted by molar-refractivity contribution is 5.88. The molecule has 0 N–H and O–H groups in total. The van der Waals surface area contributed by atoms with Crippen LogP contribution in [0, 0.1) is 5.92 Å². The van der Waals surface area contributed by atoms with Gasteiger partial charge in [-0.15, -0.1) is 0 Å². The minimum Gasteiger partial charge on any atom is -0.0991 e. The fourth-order valence-electron chi connectivity index (χ4n) is 5.83. The molecule has 0 saturated carbocycles. The SMILES string of the molecule is C=C/C=C\C(=C/C)c1cccc(-c2cc(-c3ccccc3)cc(-c3cc(C4=CC=CC(C)C=C4)cc(-c4ccccc4)c3)c2)c1.CC. The van der Waals surface area contributed by atoms with E-state index in [0.717, 1.165) is 0 Å². The fraction of sp³-hybridized carbons (Fsp3) is 0.106. The van der Waals surface area contributed by atoms with Gasteiger partial charge in [0.2, 0.25) is 0 Å². The standard InChI is InChI=1S/C45H38.C2H6/c1-4-6-16-34(5-2)38-22-14-23-39(26-38)43-28-41(36-19-11-8-12-20-36)30-45(32-43)44-29-40(35-17-9-7-10-18-35)27-42(31-44)37-21-13-15-33(3)24-25-37;1-2/h4-33H,1H2,2-3H3;1-2H3/b16-6-,34-5+;. The van der Waals surface area contributed by atoms with Gasteiger partial charge in [0.05, 0.1) is 0 Å². The van der Waals surface area contributed by atoms with Gasteiger partial charge in [-0.3, -0.25) is 0 Å². The third-order valence-corrected chi connectivity index (χ3v) is 8.27. The van der Waals surface area contributed by atoms with Gasteiger partial charge in [0.25, 0.3) is 0 Å². The van der Waals surface area contributed by atoms with E-state index < -0.39 is 0 Å². The summed E-state index contributed by atoms with van der Waals surface area (Å²) in [5, 5.41) is 0. The Morgan fingerprint density at radius 2 is 1.09 bits per heavy atom. The molecule has 0 heterocycles. The lowest BCUT2D eigenvalue weighted by atomic mass is 9.89. The summed E-state index contributed by atoms with van der Waals surface area (Å²) in [6.45, 7) is 12.1. The maximum absolute atomic E-state index is 3.85. The normalized spacial score (nSPS) is 14.3. The first-order chi connectivity index (χ1) is 23.1. The summed E-state index contributed by atoms with van der Waals surface area (Å²) in [5.74, 6) is 0.409. The second-order valence-electron chi connectivity index (χ2n) is 11.5. The summed E-state index contributed by atoms with van der Waals surface area (Å²) >= 11 is 0. The molecule has 47 heavy (non-hydrogen) atoms. The first-order valence-corrected chi connectivity index (χ1v) is 16.7. The third kappa shape index (κ3) is 8.23. The predicted molar refractivity (Wildman–Crippen MR) is 208 cm³/mol. The Kier molecular flexibility index (Phi) is 11.3. The van der Waals surface area contributed by atoms with E-state index in [0.29, 0.717) is 5.92 Å². The van der Waals surface area contributed by atoms with Crippen LogP contribution < -0.4 is 0 Å². The van der Waals surface area contributed by atoms with E-state index in [-0.39, 0.29) is 0 Å². The maximum Gasteiger partial charge on any atom is -0.00754 e. The van der Waals surface area contributed by atoms with Crippen LogP contribution in [0.25, 0.3) is 55.7 Å². The van der Waals surface area contributed by atoms with Gasteiger partial charge in [-0.2, -0.15) is 0 Å². The lowest BCUT2D eigenvalue weighted by Crippen LogP contribution is -1.91. The fourth-order valence-corrected chi connectivity index (χ4v) is 5.83. The van der Waals surface area contributed by atoms with Crippen LogP contribution in [-0.4, -0.2) is 0 Å². The third-order valence-electron chi connectivity index (χ3n) is 8.27. The van der Waals surface area contributed by atoms with E-state index in [4.69, 9.17) is 0 Å². The van der Waals surface area contributed by atoms with Gasteiger partial charge >= 0.3 is 0 Å². The van der Waals surface area contributed by atoms with E-state index in [1.165, 1.54) is 66.8 Å². The molecule has 0 fully saturated rings. The number of allylic oxidation sites excluding steroid dienone is 11. The minimum atomic E-state index is 0.409. The maximum atomic E-state index is 3.85. The van der Waals surface area contributed by atoms with Crippen LogP contribution in [0.4, 0.5) is 0 Å². The van der Waals surface area contributed by atoms with Crippen molar-refractivity contribution in [2.24, 2.45) is 5.92 Å². The lowest BCUT2D eigenvalue weighted by molar-refractivity contribution is 0.943. The average molecular weight is 609 g/mol. The average Bonchev–Trinajstić information content (AvgIpc) is 3.37. The Labute approximate surface area is 282 Å². The van der Waals surface area contributed by atoms with Crippen molar-refractivity contribution in [3.05, 3.63) is 194 Å². The van der Waals surface area contributed by atoms with Crippen LogP contribution in [-0.2, 0) is 0 Å². The molecule has 0 bridgehead atoms. The Morgan fingerprint density at radius 3 is 1.64 bits per heavy atom. The van der Waals surface area contributed by atoms with Crippen LogP contribution in [0.15, 0.2) is 183 Å². The van der Waals surface area contributed by atoms with Crippen molar-refractivity contribution in [3.8, 4) is 44.5 Å². The van der Waals surface area contributed by atoms with E-state index >= 15 is 0 Å². The Balaban J connectivity index is 0.00000213. The molecule has 0 saturated heterocycles. The van der Waals surface area contributed by atoms with E-state index in [9.17, 15) is 0 Å². The highest BCUT2D eigenvalue weighted by atomic mass is 14.2. The van der Waals surface area contributed by atoms with Crippen molar-refractivity contribution in [3.63, 3.8) is 0 Å². The molecular weight excluding hydrogens is 565 g/mol. The molecule has 1 aliphatic rings. The van der Waals surface area contributed by atoms with Crippen molar-refractivity contribution in [1.82, 2.24) is 0 Å². The predicted octanol–water partition coefficient (Wildman–Crippen LogP) is 13.7. The monoisotopic (exact) mass is 608 g/mol. The number of hydrogen-bond acceptors (Lipinski definition) is 0. The molecule has 1 atom stereocenters. The van der Waals surface area contributed by atoms with Gasteiger partial charge in [-0.05, 0) is 122 Å². The van der Waals surface area contributed by atoms with Crippen molar-refractivity contribution < 1.29 is 0 Å². The molecule has 0 spiro atoms. The van der Waals surface area contributed by atoms with Crippen molar-refractivity contribution >= 4 is 11.1 Å². The van der Waals surface area contributed by atoms with E-state index in [1.807, 2.05) is 26.0 Å². The highest BCUT2D eigenvalue weighted by Crippen LogP contribution is 2.37. The minimum absolute atomic E-state index is 0.409. The van der Waals surface area contributed by atoms with Crippen LogP contribution in [0.1, 0.15) is 38.8 Å². The zero-order valence-electron chi connectivity index (χ0n) is 28.0. The van der Waals surface area contributed by atoms with Gasteiger partial charge in [-0.25, -0.2) is 0 Å². The number of hydrogen-bond donors (Lipinski definition) is 0. The number of rotatable bonds is 8. The first kappa shape index (κ1) is 32.9. The quantitative estimate of drug-likeness (QED) is 0.154. The number of benzene rings is 5. The molecule has 0 amide bonds. The molecule has 0 nitrogen and oxygen atoms in total. The second kappa shape index (κ2) is 16.2. The molecule has 0 aliphatic heterocycles. The molecule has 6 rings (SSSR count). The summed E-state index contributed by atoms with van der Waals surface area (Å²) < 4.78 is 0. The van der Waals surface area contributed by atoms with Gasteiger partial charge < -0.3 is 0 Å². The highest BCUT2D eigenvalue weighted by Gasteiger charge is 2.13. The summed E-state index contributed by atoms with van der Waals surface area (Å²) in [6, 6.07) is 44.2. The van der Waals surface area contributed by atoms with Crippen molar-refractivity contribution in [2.45, 2.75) is 27.7 Å². The van der Waals surface area contributed by atoms with Crippen LogP contribution in [0.2, 0.25) is 0 Å². The molecule has 5 aromatic rings. The molecule has 0 heteroatoms. The van der Waals surface area contributed by atoms with Gasteiger partial charge in [-0.1, -0.05) is 161 Å². The van der Waals surface area contributed by atoms with Gasteiger partial charge in [0, 0.05) is 0 Å². The Morgan fingerprint density at radius 1 is 0.574 bits per heavy atom. The van der Waals surface area contributed by atoms with Crippen LogP contribution in [0.3, 0.4) is 0 Å². The Bertz CT molecular complexity index is 1960. The lowest BCUT2D eigenvalue weighted by Gasteiger charge is -2.15. The summed E-state index contributed by atoms with van der Waals surface area (Å²) in [6.07, 6.45) is 19.2. The Hall–Kier alpha value is -5.46. The van der Waals surface area contributed by atoms with Gasteiger partial charge in [0.15, 0.2) is 0 Å². The molecule has 1 aliphatic carbocycles.